The number of para-hydroxylation sites is 1. The number of anilines is 1. The van der Waals surface area contributed by atoms with E-state index in [1.54, 1.807) is 0 Å². The largest absolute Gasteiger partial charge is 0.427 e. The van der Waals surface area contributed by atoms with Crippen molar-refractivity contribution in [1.82, 2.24) is 4.90 Å². The lowest BCUT2D eigenvalue weighted by molar-refractivity contribution is -0.172. The molecule has 4 rings (SSSR count). The number of likely N-dealkylation sites (tertiary alicyclic amines) is 1. The fourth-order valence-corrected chi connectivity index (χ4v) is 4.27. The standard InChI is InChI=1S/C21H15F7N2O3/c1-11(31)33-13-7-5-12(6-8-13)20(30-9-18(22,23)19(24,25)10-30)14-3-2-4-15(21(26,27)28)16(14)29-17(20)32/h2-8H,9-10H2,1H3,(H,29,32). The van der Waals surface area contributed by atoms with Crippen molar-refractivity contribution in [3.63, 3.8) is 0 Å². The number of benzene rings is 2. The number of nitrogens with one attached hydrogen (secondary N) is 1. The van der Waals surface area contributed by atoms with Gasteiger partial charge in [-0.25, -0.2) is 0 Å². The third-order valence-corrected chi connectivity index (χ3v) is 5.65. The van der Waals surface area contributed by atoms with Crippen LogP contribution in [0.25, 0.3) is 0 Å². The summed E-state index contributed by atoms with van der Waals surface area (Å²) in [5.41, 5.74) is -4.89. The highest BCUT2D eigenvalue weighted by Gasteiger charge is 2.69. The first-order valence-corrected chi connectivity index (χ1v) is 9.52. The van der Waals surface area contributed by atoms with Gasteiger partial charge in [0.05, 0.1) is 24.3 Å². The summed E-state index contributed by atoms with van der Waals surface area (Å²) in [7, 11) is 0. The smallest absolute Gasteiger partial charge is 0.418 e. The number of carbonyl (C=O) groups excluding carboxylic acids is 2. The number of carbonyl (C=O) groups is 2. The van der Waals surface area contributed by atoms with Gasteiger partial charge >= 0.3 is 24.0 Å². The minimum Gasteiger partial charge on any atom is -0.427 e. The Hall–Kier alpha value is -3.15. The van der Waals surface area contributed by atoms with Gasteiger partial charge in [-0.1, -0.05) is 24.3 Å². The molecule has 0 radical (unpaired) electrons. The zero-order valence-electron chi connectivity index (χ0n) is 16.8. The molecule has 0 bridgehead atoms. The molecule has 1 fully saturated rings. The molecular formula is C21H15F7N2O3. The van der Waals surface area contributed by atoms with Crippen molar-refractivity contribution in [2.45, 2.75) is 30.5 Å². The second-order valence-corrected chi connectivity index (χ2v) is 7.77. The van der Waals surface area contributed by atoms with Crippen LogP contribution in [0.5, 0.6) is 5.75 Å². The van der Waals surface area contributed by atoms with Crippen molar-refractivity contribution in [2.75, 3.05) is 18.4 Å². The monoisotopic (exact) mass is 476 g/mol. The molecule has 1 amide bonds. The van der Waals surface area contributed by atoms with E-state index in [1.807, 2.05) is 0 Å². The number of hydrogen-bond acceptors (Lipinski definition) is 4. The number of esters is 1. The Bertz CT molecular complexity index is 1120. The Balaban J connectivity index is 1.96. The fourth-order valence-electron chi connectivity index (χ4n) is 4.27. The third kappa shape index (κ3) is 3.43. The lowest BCUT2D eigenvalue weighted by Gasteiger charge is -2.37. The Morgan fingerprint density at radius 1 is 1.00 bits per heavy atom. The number of amides is 1. The van der Waals surface area contributed by atoms with E-state index in [0.717, 1.165) is 31.2 Å². The van der Waals surface area contributed by atoms with Crippen LogP contribution in [0.3, 0.4) is 0 Å². The van der Waals surface area contributed by atoms with Crippen molar-refractivity contribution in [1.29, 1.82) is 0 Å². The van der Waals surface area contributed by atoms with Gasteiger partial charge in [-0.15, -0.1) is 0 Å². The SMILES string of the molecule is CC(=O)Oc1ccc(C2(N3CC(F)(F)C(F)(F)C3)C(=O)Nc3c(C(F)(F)F)cccc32)cc1. The molecule has 33 heavy (non-hydrogen) atoms. The molecule has 2 aromatic carbocycles. The summed E-state index contributed by atoms with van der Waals surface area (Å²) in [4.78, 5) is 24.8. The van der Waals surface area contributed by atoms with Crippen molar-refractivity contribution >= 4 is 17.6 Å². The van der Waals surface area contributed by atoms with Gasteiger partial charge in [0, 0.05) is 12.5 Å². The second-order valence-electron chi connectivity index (χ2n) is 7.77. The van der Waals surface area contributed by atoms with E-state index >= 15 is 0 Å². The molecule has 1 unspecified atom stereocenters. The molecule has 0 spiro atoms. The molecule has 0 aliphatic carbocycles. The minimum absolute atomic E-state index is 0.00107. The molecule has 1 saturated heterocycles. The van der Waals surface area contributed by atoms with Gasteiger partial charge in [0.2, 0.25) is 0 Å². The highest BCUT2D eigenvalue weighted by atomic mass is 19.4. The van der Waals surface area contributed by atoms with E-state index in [2.05, 4.69) is 5.32 Å². The molecule has 2 heterocycles. The normalized spacial score (nSPS) is 23.8. The summed E-state index contributed by atoms with van der Waals surface area (Å²) < 4.78 is 102. The number of nitrogens with zero attached hydrogens (tertiary/aromatic N) is 1. The molecule has 0 saturated carbocycles. The van der Waals surface area contributed by atoms with Crippen molar-refractivity contribution in [3.05, 3.63) is 59.2 Å². The molecule has 12 heteroatoms. The van der Waals surface area contributed by atoms with Gasteiger partial charge in [-0.2, -0.15) is 30.7 Å². The number of rotatable bonds is 3. The number of hydrogen-bond donors (Lipinski definition) is 1. The van der Waals surface area contributed by atoms with E-state index in [1.165, 1.54) is 12.1 Å². The van der Waals surface area contributed by atoms with Crippen LogP contribution in [0.2, 0.25) is 0 Å². The molecule has 2 aliphatic heterocycles. The Kier molecular flexibility index (Phi) is 5.00. The van der Waals surface area contributed by atoms with Gasteiger partial charge in [0.15, 0.2) is 5.54 Å². The maximum atomic E-state index is 14.1. The summed E-state index contributed by atoms with van der Waals surface area (Å²) in [6, 6.07) is 7.43. The lowest BCUT2D eigenvalue weighted by Crippen LogP contribution is -2.51. The van der Waals surface area contributed by atoms with Crippen LogP contribution in [-0.4, -0.2) is 41.7 Å². The quantitative estimate of drug-likeness (QED) is 0.405. The number of halogens is 7. The van der Waals surface area contributed by atoms with E-state index in [0.29, 0.717) is 11.0 Å². The van der Waals surface area contributed by atoms with Crippen LogP contribution in [0.1, 0.15) is 23.6 Å². The zero-order chi connectivity index (χ0) is 24.4. The Morgan fingerprint density at radius 2 is 1.58 bits per heavy atom. The first-order valence-electron chi connectivity index (χ1n) is 9.52. The van der Waals surface area contributed by atoms with Gasteiger partial charge < -0.3 is 10.1 Å². The summed E-state index contributed by atoms with van der Waals surface area (Å²) in [5.74, 6) is -10.9. The average molecular weight is 476 g/mol. The average Bonchev–Trinajstić information content (AvgIpc) is 3.10. The van der Waals surface area contributed by atoms with Gasteiger partial charge in [0.25, 0.3) is 5.91 Å². The first-order chi connectivity index (χ1) is 15.2. The molecule has 176 valence electrons. The highest BCUT2D eigenvalue weighted by Crippen LogP contribution is 2.54. The van der Waals surface area contributed by atoms with Crippen LogP contribution in [-0.2, 0) is 21.3 Å². The molecule has 2 aliphatic rings. The van der Waals surface area contributed by atoms with E-state index in [4.69, 9.17) is 4.74 Å². The van der Waals surface area contributed by atoms with Gasteiger partial charge in [-0.05, 0) is 23.8 Å². The van der Waals surface area contributed by atoms with Crippen LogP contribution >= 0.6 is 0 Å². The van der Waals surface area contributed by atoms with Gasteiger partial charge in [-0.3, -0.25) is 14.5 Å². The molecule has 1 N–H and O–H groups in total. The summed E-state index contributed by atoms with van der Waals surface area (Å²) >= 11 is 0. The van der Waals surface area contributed by atoms with Crippen LogP contribution in [0.15, 0.2) is 42.5 Å². The fraction of sp³-hybridized carbons (Fsp3) is 0.333. The Morgan fingerprint density at radius 3 is 2.09 bits per heavy atom. The highest BCUT2D eigenvalue weighted by molar-refractivity contribution is 6.09. The van der Waals surface area contributed by atoms with Crippen molar-refractivity contribution in [3.8, 4) is 5.75 Å². The number of ether oxygens (including phenoxy) is 1. The molecular weight excluding hydrogens is 461 g/mol. The van der Waals surface area contributed by atoms with Crippen LogP contribution in [0.4, 0.5) is 36.4 Å². The van der Waals surface area contributed by atoms with E-state index in [-0.39, 0.29) is 11.3 Å². The topological polar surface area (TPSA) is 58.6 Å². The van der Waals surface area contributed by atoms with E-state index < -0.39 is 65.3 Å². The maximum Gasteiger partial charge on any atom is 0.418 e. The maximum absolute atomic E-state index is 14.1. The van der Waals surface area contributed by atoms with Crippen molar-refractivity contribution in [2.24, 2.45) is 0 Å². The van der Waals surface area contributed by atoms with Crippen LogP contribution in [0, 0.1) is 0 Å². The van der Waals surface area contributed by atoms with Crippen molar-refractivity contribution < 1.29 is 45.1 Å². The molecule has 5 nitrogen and oxygen atoms in total. The number of alkyl halides is 7. The van der Waals surface area contributed by atoms with E-state index in [9.17, 15) is 40.3 Å². The predicted octanol–water partition coefficient (Wildman–Crippen LogP) is 4.41. The molecule has 1 atom stereocenters. The van der Waals surface area contributed by atoms with Gasteiger partial charge in [0.1, 0.15) is 5.75 Å². The second kappa shape index (κ2) is 7.17. The summed E-state index contributed by atoms with van der Waals surface area (Å²) in [6.07, 6.45) is -4.91. The summed E-state index contributed by atoms with van der Waals surface area (Å²) in [6.45, 7) is -2.03. The minimum atomic E-state index is -4.91. The summed E-state index contributed by atoms with van der Waals surface area (Å²) in [5, 5.41) is 2.06. The Labute approximate surface area is 182 Å². The predicted molar refractivity (Wildman–Crippen MR) is 100 cm³/mol. The van der Waals surface area contributed by atoms with Crippen LogP contribution < -0.4 is 10.1 Å². The molecule has 2 aromatic rings. The molecule has 0 aromatic heterocycles. The first kappa shape index (κ1) is 23.0. The lowest BCUT2D eigenvalue weighted by atomic mass is 9.81. The zero-order valence-corrected chi connectivity index (χ0v) is 16.8. The third-order valence-electron chi connectivity index (χ3n) is 5.65. The number of fused-ring (bicyclic) bond motifs is 1.